The largest absolute Gasteiger partial charge is 0.755 e. The minimum Gasteiger partial charge on any atom is -0.755 e. The molecular weight excluding hydrogens is 442 g/mol. The Balaban J connectivity index is 2.08. The van der Waals surface area contributed by atoms with Crippen LogP contribution in [0.4, 0.5) is 11.5 Å². The fraction of sp³-hybridized carbons (Fsp3) is 0.0625. The summed E-state index contributed by atoms with van der Waals surface area (Å²) in [7, 11) is 0. The van der Waals surface area contributed by atoms with Gasteiger partial charge in [0.1, 0.15) is 5.69 Å². The molecule has 1 aromatic heterocycles. The molecule has 0 aliphatic rings. The highest BCUT2D eigenvalue weighted by Crippen LogP contribution is 2.33. The zero-order valence-corrected chi connectivity index (χ0v) is 16.3. The molecule has 2 aromatic carbocycles. The van der Waals surface area contributed by atoms with E-state index in [9.17, 15) is 18.7 Å². The predicted octanol–water partition coefficient (Wildman–Crippen LogP) is 3.52. The van der Waals surface area contributed by atoms with E-state index in [1.807, 2.05) is 30.3 Å². The molecule has 1 heterocycles. The lowest BCUT2D eigenvalue weighted by molar-refractivity contribution is 0.0698. The van der Waals surface area contributed by atoms with Crippen molar-refractivity contribution in [2.75, 3.05) is 4.31 Å². The van der Waals surface area contributed by atoms with Crippen molar-refractivity contribution in [3.63, 3.8) is 0 Å². The molecule has 3 aromatic rings. The molecule has 0 amide bonds. The molecule has 0 spiro atoms. The summed E-state index contributed by atoms with van der Waals surface area (Å²) in [5, 5.41) is 9.44. The van der Waals surface area contributed by atoms with Gasteiger partial charge in [0.15, 0.2) is 5.82 Å². The van der Waals surface area contributed by atoms with Crippen LogP contribution in [0.3, 0.4) is 0 Å². The Labute approximate surface area is 164 Å². The van der Waals surface area contributed by atoms with Crippen molar-refractivity contribution >= 4 is 56.4 Å². The van der Waals surface area contributed by atoms with Crippen molar-refractivity contribution in [3.05, 3.63) is 69.8 Å². The highest BCUT2D eigenvalue weighted by atomic mass is 79.9. The summed E-state index contributed by atoms with van der Waals surface area (Å²) >= 11 is 1.29. The number of carboxylic acids is 1. The van der Waals surface area contributed by atoms with Gasteiger partial charge in [-0.15, -0.1) is 0 Å². The minimum atomic E-state index is -2.78. The maximum absolute atomic E-state index is 11.9. The number of nitrogens with zero attached hydrogens (tertiary/aromatic N) is 3. The monoisotopic (exact) mass is 452 g/mol. The second kappa shape index (κ2) is 8.04. The highest BCUT2D eigenvalue weighted by Gasteiger charge is 2.24. The third kappa shape index (κ3) is 3.98. The van der Waals surface area contributed by atoms with Gasteiger partial charge in [-0.2, -0.15) is 8.75 Å². The second-order valence-corrected chi connectivity index (χ2v) is 7.42. The molecule has 7 nitrogen and oxygen atoms in total. The number of hydrogen-bond donors (Lipinski definition) is 1. The van der Waals surface area contributed by atoms with E-state index in [4.69, 9.17) is 0 Å². The third-order valence-corrected chi connectivity index (χ3v) is 5.22. The normalized spacial score (nSPS) is 11.9. The van der Waals surface area contributed by atoms with Gasteiger partial charge >= 0.3 is 5.97 Å². The number of carbonyl (C=O) groups is 1. The van der Waals surface area contributed by atoms with Crippen LogP contribution in [0.15, 0.2) is 53.0 Å². The Morgan fingerprint density at radius 1 is 1.23 bits per heavy atom. The Morgan fingerprint density at radius 3 is 2.62 bits per heavy atom. The maximum atomic E-state index is 11.9. The third-order valence-electron chi connectivity index (χ3n) is 3.50. The molecule has 26 heavy (non-hydrogen) atoms. The number of rotatable bonds is 6. The highest BCUT2D eigenvalue weighted by molar-refractivity contribution is 9.10. The summed E-state index contributed by atoms with van der Waals surface area (Å²) in [5.41, 5.74) is 1.22. The van der Waals surface area contributed by atoms with Crippen LogP contribution in [0.25, 0.3) is 0 Å². The van der Waals surface area contributed by atoms with Gasteiger partial charge in [-0.05, 0) is 23.8 Å². The Bertz CT molecular complexity index is 965. The quantitative estimate of drug-likeness (QED) is 0.573. The van der Waals surface area contributed by atoms with Crippen LogP contribution in [-0.4, -0.2) is 28.6 Å². The maximum Gasteiger partial charge on any atom is 0.337 e. The first-order chi connectivity index (χ1) is 12.5. The van der Waals surface area contributed by atoms with Crippen LogP contribution in [0.5, 0.6) is 0 Å². The fourth-order valence-corrected chi connectivity index (χ4v) is 3.95. The molecule has 10 heteroatoms. The van der Waals surface area contributed by atoms with Gasteiger partial charge in [-0.3, -0.25) is 8.51 Å². The summed E-state index contributed by atoms with van der Waals surface area (Å²) in [4.78, 5) is 11.6. The van der Waals surface area contributed by atoms with Crippen LogP contribution in [0, 0.1) is 0 Å². The van der Waals surface area contributed by atoms with E-state index in [-0.39, 0.29) is 17.1 Å². The lowest BCUT2D eigenvalue weighted by Gasteiger charge is -2.26. The standard InChI is InChI=1S/C16H12BrN3O4S2/c17-11-6-7-14(12(9-11)16(21)22)20(26(23)24)15-13(18-25-19-15)8-10-4-2-1-3-5-10/h1-7,9H,8H2,(H,21,22)(H,23,24)/p-1. The number of hydrogen-bond acceptors (Lipinski definition) is 6. The summed E-state index contributed by atoms with van der Waals surface area (Å²) in [6.45, 7) is 0. The molecule has 0 aliphatic heterocycles. The number of benzene rings is 2. The van der Waals surface area contributed by atoms with Crippen molar-refractivity contribution in [3.8, 4) is 0 Å². The molecule has 1 unspecified atom stereocenters. The van der Waals surface area contributed by atoms with E-state index < -0.39 is 17.2 Å². The minimum absolute atomic E-state index is 0.00366. The van der Waals surface area contributed by atoms with Crippen LogP contribution >= 0.6 is 27.7 Å². The van der Waals surface area contributed by atoms with Gasteiger partial charge in [-0.1, -0.05) is 46.3 Å². The first kappa shape index (κ1) is 18.6. The first-order valence-corrected chi connectivity index (χ1v) is 9.80. The fourth-order valence-electron chi connectivity index (χ4n) is 2.38. The van der Waals surface area contributed by atoms with E-state index in [2.05, 4.69) is 24.7 Å². The topological polar surface area (TPSA) is 106 Å². The van der Waals surface area contributed by atoms with Crippen LogP contribution in [0.1, 0.15) is 21.6 Å². The van der Waals surface area contributed by atoms with Gasteiger partial charge in [0, 0.05) is 10.9 Å². The average Bonchev–Trinajstić information content (AvgIpc) is 3.04. The second-order valence-electron chi connectivity index (χ2n) is 5.18. The number of aromatic nitrogens is 2. The van der Waals surface area contributed by atoms with Crippen LogP contribution in [0.2, 0.25) is 0 Å². The predicted molar refractivity (Wildman–Crippen MR) is 101 cm³/mol. The summed E-state index contributed by atoms with van der Waals surface area (Å²) in [6, 6.07) is 13.7. The molecule has 0 saturated heterocycles. The van der Waals surface area contributed by atoms with Crippen molar-refractivity contribution in [2.24, 2.45) is 0 Å². The Morgan fingerprint density at radius 2 is 1.96 bits per heavy atom. The zero-order chi connectivity index (χ0) is 18.7. The van der Waals surface area contributed by atoms with E-state index in [1.165, 1.54) is 12.1 Å². The smallest absolute Gasteiger partial charge is 0.337 e. The lowest BCUT2D eigenvalue weighted by atomic mass is 10.1. The molecule has 0 radical (unpaired) electrons. The van der Waals surface area contributed by atoms with E-state index >= 15 is 0 Å². The van der Waals surface area contributed by atoms with Crippen molar-refractivity contribution in [1.29, 1.82) is 0 Å². The van der Waals surface area contributed by atoms with Crippen LogP contribution in [-0.2, 0) is 17.7 Å². The van der Waals surface area contributed by atoms with Crippen molar-refractivity contribution < 1.29 is 18.7 Å². The summed E-state index contributed by atoms with van der Waals surface area (Å²) in [5.74, 6) is -1.15. The number of carboxylic acid groups (broad SMARTS) is 1. The SMILES string of the molecule is O=C(O)c1cc(Br)ccc1N(c1nsnc1Cc1ccccc1)S(=O)[O-]. The number of anilines is 2. The van der Waals surface area contributed by atoms with Crippen molar-refractivity contribution in [2.45, 2.75) is 6.42 Å². The average molecular weight is 453 g/mol. The molecule has 3 rings (SSSR count). The van der Waals surface area contributed by atoms with Gasteiger partial charge in [0.25, 0.3) is 0 Å². The zero-order valence-electron chi connectivity index (χ0n) is 13.0. The van der Waals surface area contributed by atoms with Gasteiger partial charge in [0.2, 0.25) is 0 Å². The molecule has 134 valence electrons. The lowest BCUT2D eigenvalue weighted by Crippen LogP contribution is -2.23. The van der Waals surface area contributed by atoms with E-state index in [0.717, 1.165) is 21.6 Å². The van der Waals surface area contributed by atoms with Crippen LogP contribution < -0.4 is 4.31 Å². The molecule has 0 aliphatic carbocycles. The Hall–Kier alpha value is -2.14. The number of aromatic carboxylic acids is 1. The van der Waals surface area contributed by atoms with E-state index in [1.54, 1.807) is 6.07 Å². The summed E-state index contributed by atoms with van der Waals surface area (Å²) in [6.07, 6.45) is 0.374. The molecule has 0 fully saturated rings. The van der Waals surface area contributed by atoms with Gasteiger partial charge in [-0.25, -0.2) is 4.79 Å². The molecule has 1 N–H and O–H groups in total. The molecule has 1 atom stereocenters. The number of halogens is 1. The molecular formula is C16H11BrN3O4S2-. The summed E-state index contributed by atoms with van der Waals surface area (Å²) < 4.78 is 33.5. The molecule has 0 bridgehead atoms. The van der Waals surface area contributed by atoms with Gasteiger partial charge in [0.05, 0.1) is 34.2 Å². The molecule has 0 saturated carbocycles. The first-order valence-electron chi connectivity index (χ1n) is 7.25. The Kier molecular flexibility index (Phi) is 5.77. The van der Waals surface area contributed by atoms with Gasteiger partial charge < -0.3 is 9.66 Å². The van der Waals surface area contributed by atoms with Crippen molar-refractivity contribution in [1.82, 2.24) is 8.75 Å². The van der Waals surface area contributed by atoms with E-state index in [0.29, 0.717) is 16.6 Å².